The summed E-state index contributed by atoms with van der Waals surface area (Å²) in [4.78, 5) is 4.62. The highest BCUT2D eigenvalue weighted by Gasteiger charge is 2.14. The van der Waals surface area contributed by atoms with Crippen molar-refractivity contribution in [2.75, 3.05) is 6.54 Å². The van der Waals surface area contributed by atoms with Gasteiger partial charge in [0.2, 0.25) is 0 Å². The van der Waals surface area contributed by atoms with E-state index in [-0.39, 0.29) is 0 Å². The molecule has 0 amide bonds. The smallest absolute Gasteiger partial charge is 0.0604 e. The summed E-state index contributed by atoms with van der Waals surface area (Å²) in [5.41, 5.74) is 2.66. The number of unbranched alkanes of at least 4 members (excludes halogenated alkanes) is 4. The molecule has 19 heavy (non-hydrogen) atoms. The molecule has 0 aromatic carbocycles. The van der Waals surface area contributed by atoms with Crippen molar-refractivity contribution >= 4 is 0 Å². The number of hydrogen-bond donors (Lipinski definition) is 1. The van der Waals surface area contributed by atoms with E-state index in [4.69, 9.17) is 0 Å². The molecule has 1 aromatic heterocycles. The SMILES string of the molecule is CCCCCCCC(NCC)c1ncccc1CC. The summed E-state index contributed by atoms with van der Waals surface area (Å²) >= 11 is 0. The van der Waals surface area contributed by atoms with Crippen LogP contribution in [0.3, 0.4) is 0 Å². The van der Waals surface area contributed by atoms with Gasteiger partial charge in [0.1, 0.15) is 0 Å². The third-order valence-electron chi connectivity index (χ3n) is 3.68. The monoisotopic (exact) mass is 262 g/mol. The number of rotatable bonds is 10. The first kappa shape index (κ1) is 16.2. The third-order valence-corrected chi connectivity index (χ3v) is 3.68. The lowest BCUT2D eigenvalue weighted by atomic mass is 9.99. The van der Waals surface area contributed by atoms with E-state index in [1.165, 1.54) is 49.8 Å². The quantitative estimate of drug-likeness (QED) is 0.621. The van der Waals surface area contributed by atoms with Crippen LogP contribution in [0.5, 0.6) is 0 Å². The molecule has 0 spiro atoms. The zero-order valence-corrected chi connectivity index (χ0v) is 12.9. The third kappa shape index (κ3) is 5.73. The number of pyridine rings is 1. The standard InChI is InChI=1S/C17H30N2/c1-4-7-8-9-10-13-16(18-6-3)17-15(5-2)12-11-14-19-17/h11-12,14,16,18H,4-10,13H2,1-3H3. The Kier molecular flexibility index (Phi) is 8.48. The van der Waals surface area contributed by atoms with Gasteiger partial charge in [-0.1, -0.05) is 58.9 Å². The zero-order valence-electron chi connectivity index (χ0n) is 12.9. The largest absolute Gasteiger partial charge is 0.309 e. The maximum Gasteiger partial charge on any atom is 0.0604 e. The first-order chi connectivity index (χ1) is 9.33. The van der Waals surface area contributed by atoms with Crippen molar-refractivity contribution in [3.05, 3.63) is 29.6 Å². The molecule has 0 fully saturated rings. The van der Waals surface area contributed by atoms with Crippen molar-refractivity contribution in [2.45, 2.75) is 71.8 Å². The van der Waals surface area contributed by atoms with E-state index in [0.717, 1.165) is 13.0 Å². The Morgan fingerprint density at radius 1 is 1.11 bits per heavy atom. The molecule has 0 aliphatic rings. The molecular formula is C17H30N2. The van der Waals surface area contributed by atoms with Crippen molar-refractivity contribution in [1.29, 1.82) is 0 Å². The van der Waals surface area contributed by atoms with Gasteiger partial charge >= 0.3 is 0 Å². The van der Waals surface area contributed by atoms with Crippen LogP contribution >= 0.6 is 0 Å². The summed E-state index contributed by atoms with van der Waals surface area (Å²) in [6.07, 6.45) is 10.9. The van der Waals surface area contributed by atoms with Crippen LogP contribution < -0.4 is 5.32 Å². The Labute approximate surface area is 119 Å². The lowest BCUT2D eigenvalue weighted by molar-refractivity contribution is 0.467. The highest BCUT2D eigenvalue weighted by molar-refractivity contribution is 5.22. The number of nitrogens with one attached hydrogen (secondary N) is 1. The molecule has 0 saturated carbocycles. The highest BCUT2D eigenvalue weighted by atomic mass is 14.9. The molecule has 1 unspecified atom stereocenters. The van der Waals surface area contributed by atoms with Crippen LogP contribution in [0.1, 0.15) is 76.6 Å². The van der Waals surface area contributed by atoms with E-state index in [9.17, 15) is 0 Å². The predicted octanol–water partition coefficient (Wildman–Crippen LogP) is 4.66. The summed E-state index contributed by atoms with van der Waals surface area (Å²) in [7, 11) is 0. The van der Waals surface area contributed by atoms with Gasteiger partial charge in [0, 0.05) is 12.2 Å². The Hall–Kier alpha value is -0.890. The van der Waals surface area contributed by atoms with Gasteiger partial charge in [-0.3, -0.25) is 4.98 Å². The van der Waals surface area contributed by atoms with Gasteiger partial charge in [0.25, 0.3) is 0 Å². The lowest BCUT2D eigenvalue weighted by Crippen LogP contribution is -2.23. The Morgan fingerprint density at radius 2 is 1.89 bits per heavy atom. The van der Waals surface area contributed by atoms with Gasteiger partial charge in [-0.15, -0.1) is 0 Å². The molecule has 0 radical (unpaired) electrons. The summed E-state index contributed by atoms with van der Waals surface area (Å²) in [6.45, 7) is 7.67. The van der Waals surface area contributed by atoms with E-state index in [2.05, 4.69) is 37.1 Å². The average molecular weight is 262 g/mol. The van der Waals surface area contributed by atoms with Crippen LogP contribution in [0.15, 0.2) is 18.3 Å². The van der Waals surface area contributed by atoms with E-state index < -0.39 is 0 Å². The molecule has 1 aromatic rings. The maximum absolute atomic E-state index is 4.62. The highest BCUT2D eigenvalue weighted by Crippen LogP contribution is 2.22. The number of hydrogen-bond acceptors (Lipinski definition) is 2. The summed E-state index contributed by atoms with van der Waals surface area (Å²) in [6, 6.07) is 4.69. The maximum atomic E-state index is 4.62. The van der Waals surface area contributed by atoms with E-state index in [0.29, 0.717) is 6.04 Å². The molecule has 108 valence electrons. The Balaban J connectivity index is 2.55. The summed E-state index contributed by atoms with van der Waals surface area (Å²) < 4.78 is 0. The van der Waals surface area contributed by atoms with Crippen LogP contribution in [-0.2, 0) is 6.42 Å². The second-order valence-corrected chi connectivity index (χ2v) is 5.21. The van der Waals surface area contributed by atoms with Crippen LogP contribution in [-0.4, -0.2) is 11.5 Å². The first-order valence-corrected chi connectivity index (χ1v) is 8.00. The Bertz CT molecular complexity index is 336. The predicted molar refractivity (Wildman–Crippen MR) is 83.4 cm³/mol. The fraction of sp³-hybridized carbons (Fsp3) is 0.706. The average Bonchev–Trinajstić information content (AvgIpc) is 2.46. The summed E-state index contributed by atoms with van der Waals surface area (Å²) in [5, 5.41) is 3.60. The fourth-order valence-corrected chi connectivity index (χ4v) is 2.60. The van der Waals surface area contributed by atoms with Gasteiger partial charge in [-0.25, -0.2) is 0 Å². The van der Waals surface area contributed by atoms with Crippen LogP contribution in [0, 0.1) is 0 Å². The van der Waals surface area contributed by atoms with Gasteiger partial charge in [-0.05, 0) is 31.0 Å². The molecule has 2 heteroatoms. The van der Waals surface area contributed by atoms with Crippen LogP contribution in [0.4, 0.5) is 0 Å². The van der Waals surface area contributed by atoms with E-state index in [1.54, 1.807) is 0 Å². The molecule has 0 aliphatic carbocycles. The van der Waals surface area contributed by atoms with Crippen molar-refractivity contribution in [3.63, 3.8) is 0 Å². The van der Waals surface area contributed by atoms with E-state index in [1.807, 2.05) is 12.3 Å². The van der Waals surface area contributed by atoms with Crippen LogP contribution in [0.25, 0.3) is 0 Å². The minimum atomic E-state index is 0.433. The lowest BCUT2D eigenvalue weighted by Gasteiger charge is -2.20. The summed E-state index contributed by atoms with van der Waals surface area (Å²) in [5.74, 6) is 0. The van der Waals surface area contributed by atoms with Gasteiger partial charge < -0.3 is 5.32 Å². The molecular weight excluding hydrogens is 232 g/mol. The molecule has 0 saturated heterocycles. The fourth-order valence-electron chi connectivity index (χ4n) is 2.60. The molecule has 0 aliphatic heterocycles. The molecule has 2 nitrogen and oxygen atoms in total. The van der Waals surface area contributed by atoms with Crippen molar-refractivity contribution in [3.8, 4) is 0 Å². The molecule has 1 atom stereocenters. The minimum Gasteiger partial charge on any atom is -0.309 e. The topological polar surface area (TPSA) is 24.9 Å². The molecule has 1 heterocycles. The number of nitrogens with zero attached hydrogens (tertiary/aromatic N) is 1. The normalized spacial score (nSPS) is 12.6. The molecule has 0 bridgehead atoms. The zero-order chi connectivity index (χ0) is 13.9. The van der Waals surface area contributed by atoms with Crippen molar-refractivity contribution < 1.29 is 0 Å². The number of aryl methyl sites for hydroxylation is 1. The van der Waals surface area contributed by atoms with Gasteiger partial charge in [0.15, 0.2) is 0 Å². The first-order valence-electron chi connectivity index (χ1n) is 8.00. The minimum absolute atomic E-state index is 0.433. The van der Waals surface area contributed by atoms with E-state index >= 15 is 0 Å². The second-order valence-electron chi connectivity index (χ2n) is 5.21. The van der Waals surface area contributed by atoms with Gasteiger partial charge in [0.05, 0.1) is 5.69 Å². The number of aromatic nitrogens is 1. The van der Waals surface area contributed by atoms with Crippen molar-refractivity contribution in [2.24, 2.45) is 0 Å². The van der Waals surface area contributed by atoms with Gasteiger partial charge in [-0.2, -0.15) is 0 Å². The van der Waals surface area contributed by atoms with Crippen molar-refractivity contribution in [1.82, 2.24) is 10.3 Å². The second kappa shape index (κ2) is 9.96. The Morgan fingerprint density at radius 3 is 2.58 bits per heavy atom. The molecule has 1 rings (SSSR count). The van der Waals surface area contributed by atoms with Crippen LogP contribution in [0.2, 0.25) is 0 Å². The molecule has 1 N–H and O–H groups in total.